The summed E-state index contributed by atoms with van der Waals surface area (Å²) in [4.78, 5) is 23.2. The number of benzene rings is 2. The molecule has 1 aromatic heterocycles. The number of fused-ring (bicyclic) bond motifs is 1. The van der Waals surface area contributed by atoms with Crippen LogP contribution in [0.1, 0.15) is 24.5 Å². The molecule has 2 aromatic carbocycles. The zero-order chi connectivity index (χ0) is 24.9. The minimum absolute atomic E-state index is 0.0781. The molecule has 1 heterocycles. The maximum absolute atomic E-state index is 12.1. The van der Waals surface area contributed by atoms with Crippen LogP contribution in [0, 0.1) is 11.8 Å². The van der Waals surface area contributed by atoms with Gasteiger partial charge in [-0.15, -0.1) is 0 Å². The van der Waals surface area contributed by atoms with Crippen LogP contribution in [0.15, 0.2) is 48.7 Å². The molecule has 2 amide bonds. The fraction of sp³-hybridized carbons (Fsp3) is 0.261. The molecule has 0 unspecified atom stereocenters. The van der Waals surface area contributed by atoms with Gasteiger partial charge in [0.15, 0.2) is 14.6 Å². The number of aliphatic hydroxyl groups excluding tert-OH is 1. The lowest BCUT2D eigenvalue weighted by atomic mass is 10.1. The highest BCUT2D eigenvalue weighted by Gasteiger charge is 2.43. The van der Waals surface area contributed by atoms with E-state index in [0.29, 0.717) is 5.69 Å². The van der Waals surface area contributed by atoms with E-state index in [0.717, 1.165) is 28.3 Å². The first-order chi connectivity index (χ1) is 16.1. The normalized spacial score (nSPS) is 12.9. The third kappa shape index (κ3) is 5.43. The number of nitrogens with zero attached hydrogens (tertiary/aromatic N) is 2. The number of rotatable bonds is 7. The van der Waals surface area contributed by atoms with Crippen LogP contribution in [0.3, 0.4) is 0 Å². The van der Waals surface area contributed by atoms with E-state index >= 15 is 0 Å². The Morgan fingerprint density at radius 3 is 2.38 bits per heavy atom. The molecule has 0 spiro atoms. The molecule has 3 rings (SSSR count). The number of amides is 2. The fourth-order valence-electron chi connectivity index (χ4n) is 3.23. The molecule has 0 aliphatic carbocycles. The van der Waals surface area contributed by atoms with Gasteiger partial charge in [0.05, 0.1) is 11.7 Å². The quantitative estimate of drug-likeness (QED) is 0.222. The zero-order valence-corrected chi connectivity index (χ0v) is 19.4. The van der Waals surface area contributed by atoms with Crippen molar-refractivity contribution >= 4 is 38.2 Å². The number of aryl methyl sites for hydroxylation is 1. The second-order valence-electron chi connectivity index (χ2n) is 7.87. The Bertz CT molecular complexity index is 1390. The van der Waals surface area contributed by atoms with Gasteiger partial charge in [0.1, 0.15) is 6.61 Å². The van der Waals surface area contributed by atoms with Gasteiger partial charge in [0.25, 0.3) is 5.91 Å². The molecule has 0 fully saturated rings. The van der Waals surface area contributed by atoms with Crippen molar-refractivity contribution in [2.75, 3.05) is 18.2 Å². The van der Waals surface area contributed by atoms with Crippen LogP contribution in [0.2, 0.25) is 0 Å². The molecule has 0 radical (unpaired) electrons. The van der Waals surface area contributed by atoms with E-state index in [1.165, 1.54) is 12.4 Å². The van der Waals surface area contributed by atoms with Crippen molar-refractivity contribution in [1.82, 2.24) is 15.3 Å². The van der Waals surface area contributed by atoms with Crippen molar-refractivity contribution in [3.05, 3.63) is 59.8 Å². The van der Waals surface area contributed by atoms with E-state index in [2.05, 4.69) is 22.3 Å². The number of nitrogens with one attached hydrogen (secondary N) is 2. The number of hydrogen-bond acceptors (Lipinski definition) is 7. The smallest absolute Gasteiger partial charge is 0.264 e. The highest BCUT2D eigenvalue weighted by molar-refractivity contribution is 7.92. The molecular weight excluding hydrogens is 460 g/mol. The minimum Gasteiger partial charge on any atom is -0.387 e. The number of aromatic nitrogens is 2. The summed E-state index contributed by atoms with van der Waals surface area (Å²) < 4.78 is 24.1. The fourth-order valence-corrected chi connectivity index (χ4v) is 4.07. The van der Waals surface area contributed by atoms with Crippen LogP contribution in [0.5, 0.6) is 0 Å². The number of hydroxylamine groups is 1. The van der Waals surface area contributed by atoms with Gasteiger partial charge < -0.3 is 10.4 Å². The van der Waals surface area contributed by atoms with E-state index in [-0.39, 0.29) is 13.0 Å². The topological polar surface area (TPSA) is 151 Å². The largest absolute Gasteiger partial charge is 0.387 e. The SMILES string of the molecule is C[C@@](CCn1ncc2cc(C#Cc3ccc(NC(=O)CO)cc3)ccc21)(C(=O)NO)S(C)(=O)=O. The van der Waals surface area contributed by atoms with E-state index in [1.807, 2.05) is 12.1 Å². The molecule has 0 saturated carbocycles. The highest BCUT2D eigenvalue weighted by atomic mass is 32.2. The molecule has 10 nitrogen and oxygen atoms in total. The monoisotopic (exact) mass is 484 g/mol. The van der Waals surface area contributed by atoms with Gasteiger partial charge in [-0.25, -0.2) is 13.9 Å². The first kappa shape index (κ1) is 24.9. The van der Waals surface area contributed by atoms with Crippen molar-refractivity contribution in [1.29, 1.82) is 0 Å². The van der Waals surface area contributed by atoms with Crippen LogP contribution in [0.4, 0.5) is 5.69 Å². The van der Waals surface area contributed by atoms with Gasteiger partial charge in [0, 0.05) is 35.0 Å². The Labute approximate surface area is 196 Å². The molecule has 11 heteroatoms. The van der Waals surface area contributed by atoms with Crippen LogP contribution in [-0.4, -0.2) is 57.9 Å². The van der Waals surface area contributed by atoms with Gasteiger partial charge in [-0.05, 0) is 55.8 Å². The van der Waals surface area contributed by atoms with Crippen molar-refractivity contribution in [3.63, 3.8) is 0 Å². The molecule has 0 saturated heterocycles. The summed E-state index contributed by atoms with van der Waals surface area (Å²) in [5.41, 5.74) is 4.22. The van der Waals surface area contributed by atoms with E-state index in [9.17, 15) is 18.0 Å². The highest BCUT2D eigenvalue weighted by Crippen LogP contribution is 2.24. The number of sulfone groups is 1. The van der Waals surface area contributed by atoms with Crippen LogP contribution in [-0.2, 0) is 26.0 Å². The molecular formula is C23H24N4O6S. The Balaban J connectivity index is 1.76. The van der Waals surface area contributed by atoms with E-state index in [4.69, 9.17) is 10.3 Å². The number of carbonyl (C=O) groups excluding carboxylic acids is 2. The average Bonchev–Trinajstić information content (AvgIpc) is 3.22. The van der Waals surface area contributed by atoms with Gasteiger partial charge in [0.2, 0.25) is 5.91 Å². The van der Waals surface area contributed by atoms with Crippen molar-refractivity contribution < 1.29 is 28.3 Å². The summed E-state index contributed by atoms with van der Waals surface area (Å²) in [6.45, 7) is 0.820. The van der Waals surface area contributed by atoms with Crippen molar-refractivity contribution in [2.24, 2.45) is 0 Å². The molecule has 0 aliphatic rings. The van der Waals surface area contributed by atoms with Gasteiger partial charge in [-0.3, -0.25) is 19.5 Å². The summed E-state index contributed by atoms with van der Waals surface area (Å²) in [6.07, 6.45) is 2.50. The molecule has 4 N–H and O–H groups in total. The number of carbonyl (C=O) groups is 2. The summed E-state index contributed by atoms with van der Waals surface area (Å²) in [5, 5.41) is 25.4. The molecule has 3 aromatic rings. The standard InChI is InChI=1S/C23H24N4O6S/c1-23(22(30)26-31,34(2,32)33)11-12-27-20-10-7-17(13-18(20)14-24-27)4-3-16-5-8-19(9-6-16)25-21(29)15-28/h5-10,13-14,28,31H,11-12,15H2,1-2H3,(H,25,29)(H,26,30)/t23-/m1/s1. The van der Waals surface area contributed by atoms with Crippen LogP contribution >= 0.6 is 0 Å². The van der Waals surface area contributed by atoms with Crippen LogP contribution in [0.25, 0.3) is 10.9 Å². The van der Waals surface area contributed by atoms with Crippen molar-refractivity contribution in [3.8, 4) is 11.8 Å². The predicted octanol–water partition coefficient (Wildman–Crippen LogP) is 1.07. The number of aliphatic hydroxyl groups is 1. The molecule has 178 valence electrons. The molecule has 0 aliphatic heterocycles. The third-order valence-corrected chi connectivity index (χ3v) is 7.53. The Kier molecular flexibility index (Phi) is 7.36. The Morgan fingerprint density at radius 2 is 1.76 bits per heavy atom. The lowest BCUT2D eigenvalue weighted by Crippen LogP contribution is -2.49. The van der Waals surface area contributed by atoms with E-state index in [1.54, 1.807) is 41.2 Å². The first-order valence-electron chi connectivity index (χ1n) is 10.2. The summed E-state index contributed by atoms with van der Waals surface area (Å²) in [7, 11) is -3.80. The zero-order valence-electron chi connectivity index (χ0n) is 18.6. The van der Waals surface area contributed by atoms with Gasteiger partial charge >= 0.3 is 0 Å². The second-order valence-corrected chi connectivity index (χ2v) is 10.3. The maximum atomic E-state index is 12.1. The number of hydrogen-bond donors (Lipinski definition) is 4. The van der Waals surface area contributed by atoms with Crippen molar-refractivity contribution in [2.45, 2.75) is 24.6 Å². The summed E-state index contributed by atoms with van der Waals surface area (Å²) >= 11 is 0. The third-order valence-electron chi connectivity index (χ3n) is 5.51. The number of anilines is 1. The lowest BCUT2D eigenvalue weighted by Gasteiger charge is -2.25. The minimum atomic E-state index is -3.80. The maximum Gasteiger partial charge on any atom is 0.264 e. The predicted molar refractivity (Wildman–Crippen MR) is 126 cm³/mol. The van der Waals surface area contributed by atoms with Gasteiger partial charge in [-0.2, -0.15) is 5.10 Å². The molecule has 1 atom stereocenters. The summed E-state index contributed by atoms with van der Waals surface area (Å²) in [6, 6.07) is 12.3. The van der Waals surface area contributed by atoms with Gasteiger partial charge in [-0.1, -0.05) is 11.8 Å². The van der Waals surface area contributed by atoms with Crippen LogP contribution < -0.4 is 10.8 Å². The molecule has 34 heavy (non-hydrogen) atoms. The van der Waals surface area contributed by atoms with E-state index < -0.39 is 33.0 Å². The Hall–Kier alpha value is -3.72. The average molecular weight is 485 g/mol. The lowest BCUT2D eigenvalue weighted by molar-refractivity contribution is -0.131. The molecule has 0 bridgehead atoms. The summed E-state index contributed by atoms with van der Waals surface area (Å²) in [5.74, 6) is 4.60. The second kappa shape index (κ2) is 10.0. The first-order valence-corrected chi connectivity index (χ1v) is 12.1. The Morgan fingerprint density at radius 1 is 1.12 bits per heavy atom.